The number of amides is 2. The molecule has 1 aromatic heterocycles. The maximum atomic E-state index is 11.3. The van der Waals surface area contributed by atoms with Crippen LogP contribution in [0.15, 0.2) is 11.6 Å². The summed E-state index contributed by atoms with van der Waals surface area (Å²) in [7, 11) is 1.77. The summed E-state index contributed by atoms with van der Waals surface area (Å²) in [6.45, 7) is 4.27. The first-order valence-corrected chi connectivity index (χ1v) is 9.90. The summed E-state index contributed by atoms with van der Waals surface area (Å²) in [4.78, 5) is 28.9. The van der Waals surface area contributed by atoms with Gasteiger partial charge >= 0.3 is 18.2 Å². The molecule has 29 heavy (non-hydrogen) atoms. The van der Waals surface area contributed by atoms with Crippen LogP contribution in [0, 0.1) is 5.41 Å². The Labute approximate surface area is 170 Å². The fraction of sp³-hybridized carbons (Fsp3) is 0.706. The zero-order chi connectivity index (χ0) is 21.7. The molecule has 8 nitrogen and oxygen atoms in total. The van der Waals surface area contributed by atoms with E-state index in [1.54, 1.807) is 23.3 Å². The Kier molecular flexibility index (Phi) is 7.83. The third kappa shape index (κ3) is 6.54. The Morgan fingerprint density at radius 3 is 2.48 bits per heavy atom. The number of halogens is 3. The number of carboxylic acid groups (broad SMARTS) is 1. The molecule has 2 saturated heterocycles. The SMILES string of the molecule is COCC1CC2(CCN(C(N)=O)CC2)CN1Cc1nccs1.O=C(O)C(F)(F)F. The van der Waals surface area contributed by atoms with Crippen LogP contribution in [0.25, 0.3) is 0 Å². The number of urea groups is 1. The second kappa shape index (κ2) is 9.72. The molecule has 1 unspecified atom stereocenters. The zero-order valence-electron chi connectivity index (χ0n) is 16.0. The highest BCUT2D eigenvalue weighted by Gasteiger charge is 2.45. The van der Waals surface area contributed by atoms with E-state index in [4.69, 9.17) is 20.4 Å². The van der Waals surface area contributed by atoms with Crippen LogP contribution in [0.5, 0.6) is 0 Å². The van der Waals surface area contributed by atoms with E-state index in [2.05, 4.69) is 9.88 Å². The van der Waals surface area contributed by atoms with Crippen LogP contribution in [0.3, 0.4) is 0 Å². The number of thiazole rings is 1. The van der Waals surface area contributed by atoms with Gasteiger partial charge in [-0.05, 0) is 24.7 Å². The molecule has 3 N–H and O–H groups in total. The summed E-state index contributed by atoms with van der Waals surface area (Å²) in [6.07, 6.45) is -0.0175. The molecule has 12 heteroatoms. The minimum Gasteiger partial charge on any atom is -0.475 e. The van der Waals surface area contributed by atoms with Crippen molar-refractivity contribution in [3.63, 3.8) is 0 Å². The fourth-order valence-corrected chi connectivity index (χ4v) is 4.50. The fourth-order valence-electron chi connectivity index (χ4n) is 3.86. The third-order valence-electron chi connectivity index (χ3n) is 5.28. The number of piperidine rings is 1. The lowest BCUT2D eigenvalue weighted by Gasteiger charge is -2.38. The number of carbonyl (C=O) groups is 2. The second-order valence-electron chi connectivity index (χ2n) is 7.27. The lowest BCUT2D eigenvalue weighted by atomic mass is 9.76. The Hall–Kier alpha value is -1.92. The van der Waals surface area contributed by atoms with Gasteiger partial charge in [0.1, 0.15) is 5.01 Å². The van der Waals surface area contributed by atoms with E-state index in [9.17, 15) is 18.0 Å². The first kappa shape index (κ1) is 23.4. The van der Waals surface area contributed by atoms with Crippen molar-refractivity contribution in [2.24, 2.45) is 11.1 Å². The average Bonchev–Trinajstić information content (AvgIpc) is 3.25. The van der Waals surface area contributed by atoms with E-state index in [0.29, 0.717) is 11.5 Å². The standard InChI is InChI=1S/C15H24N4O2S.C2HF3O2/c1-21-10-12-8-15(2-5-18(6-3-15)14(16)20)11-19(12)9-13-17-4-7-22-13;3-2(4,5)1(6)7/h4,7,12H,2-3,5-6,8-11H2,1H3,(H2,16,20);(H,6,7). The van der Waals surface area contributed by atoms with E-state index in [0.717, 1.165) is 57.1 Å². The predicted octanol–water partition coefficient (Wildman–Crippen LogP) is 2.16. The van der Waals surface area contributed by atoms with Crippen LogP contribution in [0.4, 0.5) is 18.0 Å². The van der Waals surface area contributed by atoms with E-state index in [1.807, 2.05) is 11.6 Å². The highest BCUT2D eigenvalue weighted by molar-refractivity contribution is 7.09. The van der Waals surface area contributed by atoms with Gasteiger partial charge in [0.2, 0.25) is 0 Å². The number of nitrogens with zero attached hydrogens (tertiary/aromatic N) is 3. The van der Waals surface area contributed by atoms with Gasteiger partial charge in [0, 0.05) is 44.4 Å². The normalized spacial score (nSPS) is 21.7. The summed E-state index contributed by atoms with van der Waals surface area (Å²) < 4.78 is 37.2. The molecule has 1 spiro atoms. The number of aliphatic carboxylic acids is 1. The number of rotatable bonds is 4. The molecule has 2 amide bonds. The number of carbonyl (C=O) groups excluding carboxylic acids is 1. The summed E-state index contributed by atoms with van der Waals surface area (Å²) >= 11 is 1.71. The number of likely N-dealkylation sites (tertiary alicyclic amines) is 2. The highest BCUT2D eigenvalue weighted by atomic mass is 32.1. The molecule has 3 rings (SSSR count). The van der Waals surface area contributed by atoms with Crippen molar-refractivity contribution in [3.8, 4) is 0 Å². The zero-order valence-corrected chi connectivity index (χ0v) is 16.8. The molecule has 2 aliphatic rings. The lowest BCUT2D eigenvalue weighted by molar-refractivity contribution is -0.192. The predicted molar refractivity (Wildman–Crippen MR) is 99.3 cm³/mol. The maximum absolute atomic E-state index is 11.3. The molecule has 3 heterocycles. The van der Waals surface area contributed by atoms with Gasteiger partial charge in [-0.2, -0.15) is 13.2 Å². The number of aromatic nitrogens is 1. The second-order valence-corrected chi connectivity index (χ2v) is 8.25. The summed E-state index contributed by atoms with van der Waals surface area (Å²) in [5.41, 5.74) is 5.69. The molecular formula is C17H25F3N4O4S. The molecular weight excluding hydrogens is 413 g/mol. The van der Waals surface area contributed by atoms with Gasteiger partial charge in [0.05, 0.1) is 13.2 Å². The molecule has 0 aromatic carbocycles. The van der Waals surface area contributed by atoms with Crippen molar-refractivity contribution in [1.29, 1.82) is 0 Å². The van der Waals surface area contributed by atoms with Crippen molar-refractivity contribution in [2.75, 3.05) is 33.4 Å². The molecule has 1 aromatic rings. The molecule has 2 aliphatic heterocycles. The van der Waals surface area contributed by atoms with Crippen molar-refractivity contribution in [3.05, 3.63) is 16.6 Å². The Morgan fingerprint density at radius 1 is 1.41 bits per heavy atom. The van der Waals surface area contributed by atoms with Crippen LogP contribution in [0.1, 0.15) is 24.3 Å². The summed E-state index contributed by atoms with van der Waals surface area (Å²) in [5.74, 6) is -2.76. The first-order valence-electron chi connectivity index (χ1n) is 9.02. The minimum absolute atomic E-state index is 0.291. The number of hydrogen-bond donors (Lipinski definition) is 2. The van der Waals surface area contributed by atoms with Gasteiger partial charge in [0.25, 0.3) is 0 Å². The average molecular weight is 438 g/mol. The smallest absolute Gasteiger partial charge is 0.475 e. The number of primary amides is 1. The molecule has 0 aliphatic carbocycles. The third-order valence-corrected chi connectivity index (χ3v) is 6.05. The molecule has 1 atom stereocenters. The highest BCUT2D eigenvalue weighted by Crippen LogP contribution is 2.44. The van der Waals surface area contributed by atoms with Gasteiger partial charge in [0.15, 0.2) is 0 Å². The van der Waals surface area contributed by atoms with E-state index in [1.165, 1.54) is 0 Å². The molecule has 164 valence electrons. The number of methoxy groups -OCH3 is 1. The van der Waals surface area contributed by atoms with Crippen LogP contribution in [-0.4, -0.2) is 77.5 Å². The monoisotopic (exact) mass is 438 g/mol. The Balaban J connectivity index is 0.000000370. The van der Waals surface area contributed by atoms with Crippen molar-refractivity contribution >= 4 is 23.3 Å². The quantitative estimate of drug-likeness (QED) is 0.746. The molecule has 0 radical (unpaired) electrons. The van der Waals surface area contributed by atoms with E-state index >= 15 is 0 Å². The largest absolute Gasteiger partial charge is 0.490 e. The number of hydrogen-bond acceptors (Lipinski definition) is 6. The number of nitrogens with two attached hydrogens (primary N) is 1. The van der Waals surface area contributed by atoms with Crippen LogP contribution < -0.4 is 5.73 Å². The summed E-state index contributed by atoms with van der Waals surface area (Å²) in [6, 6.07) is 0.148. The first-order chi connectivity index (χ1) is 13.6. The van der Waals surface area contributed by atoms with E-state index in [-0.39, 0.29) is 6.03 Å². The number of carboxylic acids is 1. The van der Waals surface area contributed by atoms with Gasteiger partial charge in [-0.15, -0.1) is 11.3 Å². The Morgan fingerprint density at radius 2 is 2.03 bits per heavy atom. The minimum atomic E-state index is -5.08. The van der Waals surface area contributed by atoms with E-state index < -0.39 is 12.1 Å². The van der Waals surface area contributed by atoms with Crippen molar-refractivity contribution in [1.82, 2.24) is 14.8 Å². The van der Waals surface area contributed by atoms with Crippen molar-refractivity contribution < 1.29 is 32.6 Å². The lowest BCUT2D eigenvalue weighted by Crippen LogP contribution is -2.46. The molecule has 0 bridgehead atoms. The Bertz CT molecular complexity index is 679. The maximum Gasteiger partial charge on any atom is 0.490 e. The molecule has 0 saturated carbocycles. The topological polar surface area (TPSA) is 109 Å². The van der Waals surface area contributed by atoms with Gasteiger partial charge in [-0.1, -0.05) is 0 Å². The number of alkyl halides is 3. The molecule has 2 fully saturated rings. The van der Waals surface area contributed by atoms with Gasteiger partial charge in [-0.25, -0.2) is 14.6 Å². The van der Waals surface area contributed by atoms with Crippen LogP contribution in [-0.2, 0) is 16.1 Å². The number of ether oxygens (including phenoxy) is 1. The van der Waals surface area contributed by atoms with Crippen molar-refractivity contribution in [2.45, 2.75) is 38.0 Å². The van der Waals surface area contributed by atoms with Crippen LogP contribution >= 0.6 is 11.3 Å². The van der Waals surface area contributed by atoms with Gasteiger partial charge < -0.3 is 20.5 Å². The van der Waals surface area contributed by atoms with Gasteiger partial charge in [-0.3, -0.25) is 4.90 Å². The van der Waals surface area contributed by atoms with Crippen LogP contribution in [0.2, 0.25) is 0 Å². The summed E-state index contributed by atoms with van der Waals surface area (Å²) in [5, 5.41) is 10.3.